The Hall–Kier alpha value is -1.52. The summed E-state index contributed by atoms with van der Waals surface area (Å²) in [5.74, 6) is 0.572. The standard InChI is InChI=1S/C11H14F2N2O/c1-6-5-15(2)9-3-7(11(12)13)8(14)4-10(9)16-6/h3-4,6,11H,5,14H2,1-2H3. The molecule has 0 aromatic heterocycles. The smallest absolute Gasteiger partial charge is 0.265 e. The molecular weight excluding hydrogens is 214 g/mol. The van der Waals surface area contributed by atoms with Crippen LogP contribution in [0.2, 0.25) is 0 Å². The highest BCUT2D eigenvalue weighted by atomic mass is 19.3. The van der Waals surface area contributed by atoms with Gasteiger partial charge in [0.2, 0.25) is 0 Å². The third-order valence-electron chi connectivity index (χ3n) is 2.67. The van der Waals surface area contributed by atoms with Crippen LogP contribution < -0.4 is 15.4 Å². The first kappa shape index (κ1) is 11.0. The van der Waals surface area contributed by atoms with Gasteiger partial charge in [-0.2, -0.15) is 0 Å². The van der Waals surface area contributed by atoms with Crippen LogP contribution in [0.4, 0.5) is 20.2 Å². The van der Waals surface area contributed by atoms with E-state index in [0.717, 1.165) is 0 Å². The fourth-order valence-electron chi connectivity index (χ4n) is 1.92. The number of alkyl halides is 2. The van der Waals surface area contributed by atoms with Gasteiger partial charge in [0, 0.05) is 24.4 Å². The Morgan fingerprint density at radius 3 is 2.81 bits per heavy atom. The molecule has 1 aliphatic heterocycles. The molecule has 0 bridgehead atoms. The fourth-order valence-corrected chi connectivity index (χ4v) is 1.92. The maximum atomic E-state index is 12.7. The van der Waals surface area contributed by atoms with Crippen LogP contribution in [0.3, 0.4) is 0 Å². The number of benzene rings is 1. The van der Waals surface area contributed by atoms with Gasteiger partial charge in [-0.25, -0.2) is 8.78 Å². The number of ether oxygens (including phenoxy) is 1. The second kappa shape index (κ2) is 3.81. The lowest BCUT2D eigenvalue weighted by Gasteiger charge is -2.32. The first-order valence-electron chi connectivity index (χ1n) is 5.08. The average molecular weight is 228 g/mol. The lowest BCUT2D eigenvalue weighted by molar-refractivity contribution is 0.152. The summed E-state index contributed by atoms with van der Waals surface area (Å²) < 4.78 is 30.9. The van der Waals surface area contributed by atoms with Crippen molar-refractivity contribution in [2.24, 2.45) is 0 Å². The largest absolute Gasteiger partial charge is 0.487 e. The van der Waals surface area contributed by atoms with Crippen molar-refractivity contribution in [1.29, 1.82) is 0 Å². The summed E-state index contributed by atoms with van der Waals surface area (Å²) in [5, 5.41) is 0. The molecule has 0 radical (unpaired) electrons. The summed E-state index contributed by atoms with van der Waals surface area (Å²) in [6, 6.07) is 2.88. The normalized spacial score (nSPS) is 19.6. The van der Waals surface area contributed by atoms with Crippen molar-refractivity contribution < 1.29 is 13.5 Å². The number of fused-ring (bicyclic) bond motifs is 1. The molecule has 3 nitrogen and oxygen atoms in total. The van der Waals surface area contributed by atoms with Crippen LogP contribution in [0.5, 0.6) is 5.75 Å². The van der Waals surface area contributed by atoms with Gasteiger partial charge in [0.1, 0.15) is 11.9 Å². The molecule has 2 N–H and O–H groups in total. The van der Waals surface area contributed by atoms with Crippen LogP contribution in [-0.2, 0) is 0 Å². The lowest BCUT2D eigenvalue weighted by Crippen LogP contribution is -2.35. The number of likely N-dealkylation sites (N-methyl/N-ethyl adjacent to an activating group) is 1. The number of hydrogen-bond donors (Lipinski definition) is 1. The third-order valence-corrected chi connectivity index (χ3v) is 2.67. The minimum absolute atomic E-state index is 0.0364. The van der Waals surface area contributed by atoms with Crippen LogP contribution in [0.15, 0.2) is 12.1 Å². The average Bonchev–Trinajstić information content (AvgIpc) is 2.15. The van der Waals surface area contributed by atoms with Gasteiger partial charge in [-0.1, -0.05) is 0 Å². The van der Waals surface area contributed by atoms with E-state index in [4.69, 9.17) is 10.5 Å². The zero-order chi connectivity index (χ0) is 11.9. The van der Waals surface area contributed by atoms with E-state index in [1.165, 1.54) is 12.1 Å². The molecule has 0 saturated heterocycles. The van der Waals surface area contributed by atoms with Crippen molar-refractivity contribution in [2.45, 2.75) is 19.5 Å². The first-order valence-corrected chi connectivity index (χ1v) is 5.08. The van der Waals surface area contributed by atoms with E-state index in [-0.39, 0.29) is 17.4 Å². The summed E-state index contributed by atoms with van der Waals surface area (Å²) in [4.78, 5) is 1.90. The van der Waals surface area contributed by atoms with Crippen molar-refractivity contribution in [3.05, 3.63) is 17.7 Å². The Kier molecular flexibility index (Phi) is 2.61. The number of hydrogen-bond acceptors (Lipinski definition) is 3. The molecule has 1 aromatic carbocycles. The molecule has 1 aliphatic rings. The van der Waals surface area contributed by atoms with Gasteiger partial charge in [-0.15, -0.1) is 0 Å². The second-order valence-electron chi connectivity index (χ2n) is 4.06. The molecular formula is C11H14F2N2O. The highest BCUT2D eigenvalue weighted by Crippen LogP contribution is 2.39. The Morgan fingerprint density at radius 2 is 2.19 bits per heavy atom. The fraction of sp³-hybridized carbons (Fsp3) is 0.455. The van der Waals surface area contributed by atoms with Crippen LogP contribution >= 0.6 is 0 Å². The molecule has 0 aliphatic carbocycles. The summed E-state index contributed by atoms with van der Waals surface area (Å²) in [5.41, 5.74) is 6.17. The van der Waals surface area contributed by atoms with E-state index >= 15 is 0 Å². The maximum Gasteiger partial charge on any atom is 0.265 e. The van der Waals surface area contributed by atoms with Crippen LogP contribution in [0.1, 0.15) is 18.9 Å². The number of halogens is 2. The molecule has 1 aromatic rings. The van der Waals surface area contributed by atoms with Gasteiger partial charge >= 0.3 is 0 Å². The van der Waals surface area contributed by atoms with Crippen LogP contribution in [-0.4, -0.2) is 19.7 Å². The predicted molar refractivity (Wildman–Crippen MR) is 59.2 cm³/mol. The van der Waals surface area contributed by atoms with E-state index in [1.807, 2.05) is 18.9 Å². The molecule has 1 unspecified atom stereocenters. The highest BCUT2D eigenvalue weighted by Gasteiger charge is 2.23. The SMILES string of the molecule is CC1CN(C)c2cc(C(F)F)c(N)cc2O1. The van der Waals surface area contributed by atoms with Gasteiger partial charge in [0.25, 0.3) is 6.43 Å². The Balaban J connectivity index is 2.48. The maximum absolute atomic E-state index is 12.7. The van der Waals surface area contributed by atoms with Crippen LogP contribution in [0, 0.1) is 0 Å². The van der Waals surface area contributed by atoms with E-state index < -0.39 is 6.43 Å². The zero-order valence-corrected chi connectivity index (χ0v) is 9.21. The number of anilines is 2. The van der Waals surface area contributed by atoms with E-state index in [2.05, 4.69) is 0 Å². The summed E-state index contributed by atoms with van der Waals surface area (Å²) in [6.45, 7) is 2.61. The first-order chi connectivity index (χ1) is 7.49. The minimum atomic E-state index is -2.56. The summed E-state index contributed by atoms with van der Waals surface area (Å²) >= 11 is 0. The van der Waals surface area contributed by atoms with Crippen molar-refractivity contribution in [3.8, 4) is 5.75 Å². The number of nitrogens with two attached hydrogens (primary N) is 1. The van der Waals surface area contributed by atoms with Crippen molar-refractivity contribution in [1.82, 2.24) is 0 Å². The quantitative estimate of drug-likeness (QED) is 0.750. The molecule has 88 valence electrons. The number of rotatable bonds is 1. The monoisotopic (exact) mass is 228 g/mol. The molecule has 0 amide bonds. The van der Waals surface area contributed by atoms with Crippen molar-refractivity contribution in [2.75, 3.05) is 24.2 Å². The van der Waals surface area contributed by atoms with Crippen molar-refractivity contribution >= 4 is 11.4 Å². The molecule has 5 heteroatoms. The molecule has 0 saturated carbocycles. The van der Waals surface area contributed by atoms with Gasteiger partial charge < -0.3 is 15.4 Å². The highest BCUT2D eigenvalue weighted by molar-refractivity contribution is 5.68. The third kappa shape index (κ3) is 1.77. The predicted octanol–water partition coefficient (Wildman–Crippen LogP) is 2.42. The Labute approximate surface area is 92.8 Å². The van der Waals surface area contributed by atoms with Gasteiger partial charge in [-0.05, 0) is 13.0 Å². The van der Waals surface area contributed by atoms with Gasteiger partial charge in [0.05, 0.1) is 12.2 Å². The van der Waals surface area contributed by atoms with E-state index in [1.54, 1.807) is 0 Å². The minimum Gasteiger partial charge on any atom is -0.487 e. The van der Waals surface area contributed by atoms with E-state index in [9.17, 15) is 8.78 Å². The molecule has 16 heavy (non-hydrogen) atoms. The van der Waals surface area contributed by atoms with Gasteiger partial charge in [-0.3, -0.25) is 0 Å². The summed E-state index contributed by atoms with van der Waals surface area (Å²) in [7, 11) is 1.85. The molecule has 1 heterocycles. The molecule has 1 atom stereocenters. The van der Waals surface area contributed by atoms with Gasteiger partial charge in [0.15, 0.2) is 0 Å². The topological polar surface area (TPSA) is 38.5 Å². The number of nitrogens with zero attached hydrogens (tertiary/aromatic N) is 1. The molecule has 0 fully saturated rings. The number of nitrogen functional groups attached to an aromatic ring is 1. The Morgan fingerprint density at radius 1 is 1.50 bits per heavy atom. The van der Waals surface area contributed by atoms with Crippen LogP contribution in [0.25, 0.3) is 0 Å². The zero-order valence-electron chi connectivity index (χ0n) is 9.21. The molecule has 2 rings (SSSR count). The Bertz CT molecular complexity index is 409. The lowest BCUT2D eigenvalue weighted by atomic mass is 10.1. The van der Waals surface area contributed by atoms with Crippen molar-refractivity contribution in [3.63, 3.8) is 0 Å². The summed E-state index contributed by atoms with van der Waals surface area (Å²) in [6.07, 6.45) is -2.52. The second-order valence-corrected chi connectivity index (χ2v) is 4.06. The van der Waals surface area contributed by atoms with E-state index in [0.29, 0.717) is 18.0 Å². The molecule has 0 spiro atoms.